The van der Waals surface area contributed by atoms with E-state index in [4.69, 9.17) is 9.88 Å². The maximum Gasteiger partial charge on any atom is 0.277 e. The molecule has 1 rings (SSSR count). The van der Waals surface area contributed by atoms with Crippen molar-refractivity contribution >= 4 is 10.2 Å². The van der Waals surface area contributed by atoms with Gasteiger partial charge in [-0.2, -0.15) is 12.7 Å². The van der Waals surface area contributed by atoms with Crippen LogP contribution in [0.15, 0.2) is 0 Å². The minimum atomic E-state index is -3.59. The summed E-state index contributed by atoms with van der Waals surface area (Å²) in [6.45, 7) is 5.81. The van der Waals surface area contributed by atoms with Gasteiger partial charge in [0.05, 0.1) is 12.2 Å². The van der Waals surface area contributed by atoms with Crippen LogP contribution < -0.4 is 5.14 Å². The van der Waals surface area contributed by atoms with Gasteiger partial charge in [0.25, 0.3) is 10.2 Å². The van der Waals surface area contributed by atoms with Gasteiger partial charge in [-0.1, -0.05) is 0 Å². The summed E-state index contributed by atoms with van der Waals surface area (Å²) in [7, 11) is -3.59. The normalized spacial score (nSPS) is 37.7. The molecular weight excluding hydrogens is 192 g/mol. The van der Waals surface area contributed by atoms with Crippen LogP contribution in [-0.4, -0.2) is 37.5 Å². The van der Waals surface area contributed by atoms with E-state index in [1.54, 1.807) is 6.92 Å². The van der Waals surface area contributed by atoms with Crippen molar-refractivity contribution in [1.29, 1.82) is 0 Å². The molecule has 0 spiro atoms. The third kappa shape index (κ3) is 2.40. The van der Waals surface area contributed by atoms with E-state index in [0.717, 1.165) is 0 Å². The molecule has 1 saturated heterocycles. The van der Waals surface area contributed by atoms with Crippen LogP contribution in [0.2, 0.25) is 0 Å². The average molecular weight is 208 g/mol. The lowest BCUT2D eigenvalue weighted by atomic mass is 10.1. The van der Waals surface area contributed by atoms with E-state index >= 15 is 0 Å². The molecule has 0 aromatic heterocycles. The molecule has 1 aliphatic heterocycles. The first-order valence-corrected chi connectivity index (χ1v) is 5.77. The van der Waals surface area contributed by atoms with Gasteiger partial charge in [-0.15, -0.1) is 0 Å². The number of hydrogen-bond donors (Lipinski definition) is 1. The molecule has 6 heteroatoms. The maximum atomic E-state index is 11.1. The van der Waals surface area contributed by atoms with Crippen LogP contribution in [0.5, 0.6) is 0 Å². The topological polar surface area (TPSA) is 72.6 Å². The number of hydrogen-bond acceptors (Lipinski definition) is 3. The van der Waals surface area contributed by atoms with E-state index in [-0.39, 0.29) is 18.2 Å². The lowest BCUT2D eigenvalue weighted by molar-refractivity contribution is -0.0718. The van der Waals surface area contributed by atoms with Crippen LogP contribution in [-0.2, 0) is 14.9 Å². The zero-order valence-corrected chi connectivity index (χ0v) is 8.91. The highest BCUT2D eigenvalue weighted by Gasteiger charge is 2.35. The Balaban J connectivity index is 2.84. The Hall–Kier alpha value is -0.170. The third-order valence-electron chi connectivity index (χ3n) is 2.34. The molecule has 0 aromatic rings. The standard InChI is InChI=1S/C7H16N2O3S/c1-5-4-9(13(8,10)11)6(2)7(3)12-5/h5-7H,4H2,1-3H3,(H2,8,10,11). The van der Waals surface area contributed by atoms with E-state index in [1.807, 2.05) is 13.8 Å². The number of nitrogens with zero attached hydrogens (tertiary/aromatic N) is 1. The fourth-order valence-electron chi connectivity index (χ4n) is 1.51. The Morgan fingerprint density at radius 3 is 2.38 bits per heavy atom. The number of ether oxygens (including phenoxy) is 1. The fourth-order valence-corrected chi connectivity index (χ4v) is 2.57. The first-order valence-electron chi connectivity index (χ1n) is 4.27. The molecule has 0 amide bonds. The first kappa shape index (κ1) is 10.9. The van der Waals surface area contributed by atoms with Gasteiger partial charge in [0.1, 0.15) is 0 Å². The molecule has 2 N–H and O–H groups in total. The second kappa shape index (κ2) is 3.53. The van der Waals surface area contributed by atoms with Crippen LogP contribution in [0.25, 0.3) is 0 Å². The van der Waals surface area contributed by atoms with E-state index in [0.29, 0.717) is 6.54 Å². The number of rotatable bonds is 1. The van der Waals surface area contributed by atoms with Gasteiger partial charge in [0.2, 0.25) is 0 Å². The first-order chi connectivity index (χ1) is 5.82. The molecule has 1 aliphatic rings. The van der Waals surface area contributed by atoms with Crippen molar-refractivity contribution in [2.75, 3.05) is 6.54 Å². The number of nitrogens with two attached hydrogens (primary N) is 1. The predicted molar refractivity (Wildman–Crippen MR) is 49.3 cm³/mol. The average Bonchev–Trinajstić information content (AvgIpc) is 1.94. The van der Waals surface area contributed by atoms with Gasteiger partial charge < -0.3 is 4.74 Å². The minimum absolute atomic E-state index is 0.0930. The summed E-state index contributed by atoms with van der Waals surface area (Å²) in [5.74, 6) is 0. The summed E-state index contributed by atoms with van der Waals surface area (Å²) >= 11 is 0. The summed E-state index contributed by atoms with van der Waals surface area (Å²) in [6.07, 6.45) is -0.202. The molecule has 1 fully saturated rings. The predicted octanol–water partition coefficient (Wildman–Crippen LogP) is -0.312. The summed E-state index contributed by atoms with van der Waals surface area (Å²) in [5.41, 5.74) is 0. The van der Waals surface area contributed by atoms with Crippen molar-refractivity contribution in [1.82, 2.24) is 4.31 Å². The molecule has 1 heterocycles. The van der Waals surface area contributed by atoms with Gasteiger partial charge in [-0.3, -0.25) is 0 Å². The molecular formula is C7H16N2O3S. The molecule has 0 aromatic carbocycles. The summed E-state index contributed by atoms with van der Waals surface area (Å²) in [6, 6.07) is -0.189. The minimum Gasteiger partial charge on any atom is -0.373 e. The quantitative estimate of drug-likeness (QED) is 0.642. The van der Waals surface area contributed by atoms with E-state index in [1.165, 1.54) is 4.31 Å². The van der Waals surface area contributed by atoms with Crippen molar-refractivity contribution in [3.63, 3.8) is 0 Å². The fraction of sp³-hybridized carbons (Fsp3) is 1.00. The van der Waals surface area contributed by atoms with Crippen LogP contribution in [0, 0.1) is 0 Å². The smallest absolute Gasteiger partial charge is 0.277 e. The monoisotopic (exact) mass is 208 g/mol. The lowest BCUT2D eigenvalue weighted by Gasteiger charge is -2.38. The van der Waals surface area contributed by atoms with Crippen LogP contribution in [0.3, 0.4) is 0 Å². The molecule has 13 heavy (non-hydrogen) atoms. The molecule has 3 atom stereocenters. The molecule has 5 nitrogen and oxygen atoms in total. The zero-order valence-electron chi connectivity index (χ0n) is 8.10. The van der Waals surface area contributed by atoms with Gasteiger partial charge in [0, 0.05) is 12.6 Å². The van der Waals surface area contributed by atoms with Gasteiger partial charge in [0.15, 0.2) is 0 Å². The largest absolute Gasteiger partial charge is 0.373 e. The van der Waals surface area contributed by atoms with Crippen molar-refractivity contribution in [3.05, 3.63) is 0 Å². The summed E-state index contributed by atoms with van der Waals surface area (Å²) in [5, 5.41) is 5.07. The van der Waals surface area contributed by atoms with Crippen LogP contribution >= 0.6 is 0 Å². The Morgan fingerprint density at radius 2 is 1.92 bits per heavy atom. The molecule has 0 bridgehead atoms. The lowest BCUT2D eigenvalue weighted by Crippen LogP contribution is -2.55. The van der Waals surface area contributed by atoms with E-state index < -0.39 is 10.2 Å². The van der Waals surface area contributed by atoms with Crippen molar-refractivity contribution in [2.45, 2.75) is 39.0 Å². The molecule has 0 radical (unpaired) electrons. The van der Waals surface area contributed by atoms with Crippen molar-refractivity contribution in [3.8, 4) is 0 Å². The highest BCUT2D eigenvalue weighted by Crippen LogP contribution is 2.19. The highest BCUT2D eigenvalue weighted by atomic mass is 32.2. The second-order valence-corrected chi connectivity index (χ2v) is 5.01. The van der Waals surface area contributed by atoms with E-state index in [9.17, 15) is 8.42 Å². The van der Waals surface area contributed by atoms with E-state index in [2.05, 4.69) is 0 Å². The summed E-state index contributed by atoms with van der Waals surface area (Å²) < 4.78 is 29.0. The zero-order chi connectivity index (χ0) is 10.2. The Labute approximate surface area is 79.0 Å². The Morgan fingerprint density at radius 1 is 1.38 bits per heavy atom. The Bertz CT molecular complexity index is 277. The third-order valence-corrected chi connectivity index (χ3v) is 3.48. The number of morpholine rings is 1. The SMILES string of the molecule is CC1CN(S(N)(=O)=O)C(C)C(C)O1. The molecule has 3 unspecified atom stereocenters. The molecule has 78 valence electrons. The van der Waals surface area contributed by atoms with Gasteiger partial charge in [-0.25, -0.2) is 5.14 Å². The van der Waals surface area contributed by atoms with Crippen LogP contribution in [0.4, 0.5) is 0 Å². The summed E-state index contributed by atoms with van der Waals surface area (Å²) in [4.78, 5) is 0. The highest BCUT2D eigenvalue weighted by molar-refractivity contribution is 7.86. The van der Waals surface area contributed by atoms with Gasteiger partial charge in [-0.05, 0) is 20.8 Å². The molecule has 0 aliphatic carbocycles. The van der Waals surface area contributed by atoms with Crippen molar-refractivity contribution < 1.29 is 13.2 Å². The van der Waals surface area contributed by atoms with Crippen molar-refractivity contribution in [2.24, 2.45) is 5.14 Å². The van der Waals surface area contributed by atoms with Gasteiger partial charge >= 0.3 is 0 Å². The second-order valence-electron chi connectivity index (χ2n) is 3.51. The Kier molecular flexibility index (Phi) is 2.96. The molecule has 0 saturated carbocycles. The van der Waals surface area contributed by atoms with Crippen LogP contribution in [0.1, 0.15) is 20.8 Å². The maximum absolute atomic E-state index is 11.1.